The van der Waals surface area contributed by atoms with Gasteiger partial charge in [-0.3, -0.25) is 4.79 Å². The van der Waals surface area contributed by atoms with Crippen LogP contribution in [0, 0.1) is 0 Å². The largest absolute Gasteiger partial charge is 0.457 e. The summed E-state index contributed by atoms with van der Waals surface area (Å²) in [6.07, 6.45) is 0. The van der Waals surface area contributed by atoms with Gasteiger partial charge in [-0.1, -0.05) is 30.3 Å². The Morgan fingerprint density at radius 1 is 1.27 bits per heavy atom. The molecule has 76 valence electrons. The molecule has 0 saturated heterocycles. The molecule has 0 bridgehead atoms. The molecule has 1 heterocycles. The smallest absolute Gasteiger partial charge is 0.344 e. The number of benzene rings is 1. The predicted molar refractivity (Wildman–Crippen MR) is 53.5 cm³/mol. The average molecular weight is 203 g/mol. The number of ether oxygens (including phenoxy) is 1. The lowest BCUT2D eigenvalue weighted by molar-refractivity contribution is -0.137. The third-order valence-corrected chi connectivity index (χ3v) is 2.22. The predicted octanol–water partition coefficient (Wildman–Crippen LogP) is 0.482. The van der Waals surface area contributed by atoms with Crippen molar-refractivity contribution in [3.8, 4) is 0 Å². The van der Waals surface area contributed by atoms with E-state index in [0.717, 1.165) is 5.56 Å². The number of nitrogens with two attached hydrogens (primary N) is 1. The molecular weight excluding hydrogens is 194 g/mol. The summed E-state index contributed by atoms with van der Waals surface area (Å²) in [6.45, 7) is 0.112. The summed E-state index contributed by atoms with van der Waals surface area (Å²) >= 11 is 0. The summed E-state index contributed by atoms with van der Waals surface area (Å²) < 4.78 is 4.78. The van der Waals surface area contributed by atoms with Crippen LogP contribution in [0.25, 0.3) is 5.57 Å². The minimum Gasteiger partial charge on any atom is -0.457 e. The van der Waals surface area contributed by atoms with E-state index in [1.54, 1.807) is 12.1 Å². The zero-order valence-electron chi connectivity index (χ0n) is 7.90. The summed E-state index contributed by atoms with van der Waals surface area (Å²) in [7, 11) is 0. The maximum Gasteiger partial charge on any atom is 0.344 e. The Balaban J connectivity index is 2.52. The Morgan fingerprint density at radius 2 is 1.93 bits per heavy atom. The Hall–Kier alpha value is -2.10. The monoisotopic (exact) mass is 203 g/mol. The zero-order valence-corrected chi connectivity index (χ0v) is 7.90. The second-order valence-electron chi connectivity index (χ2n) is 3.16. The number of esters is 1. The van der Waals surface area contributed by atoms with Gasteiger partial charge in [0.25, 0.3) is 5.91 Å². The van der Waals surface area contributed by atoms with Crippen LogP contribution in [0.15, 0.2) is 35.9 Å². The molecule has 0 aliphatic carbocycles. The zero-order chi connectivity index (χ0) is 10.8. The fraction of sp³-hybridized carbons (Fsp3) is 0.0909. The number of carbonyl (C=O) groups is 2. The van der Waals surface area contributed by atoms with Gasteiger partial charge in [-0.25, -0.2) is 4.79 Å². The van der Waals surface area contributed by atoms with E-state index >= 15 is 0 Å². The highest BCUT2D eigenvalue weighted by Crippen LogP contribution is 2.25. The first-order valence-electron chi connectivity index (χ1n) is 4.45. The number of carbonyl (C=O) groups excluding carboxylic acids is 2. The van der Waals surface area contributed by atoms with Crippen molar-refractivity contribution >= 4 is 17.4 Å². The molecule has 4 nitrogen and oxygen atoms in total. The van der Waals surface area contributed by atoms with Gasteiger partial charge in [0.05, 0.1) is 0 Å². The van der Waals surface area contributed by atoms with Gasteiger partial charge < -0.3 is 10.5 Å². The summed E-state index contributed by atoms with van der Waals surface area (Å²) in [5, 5.41) is 0. The summed E-state index contributed by atoms with van der Waals surface area (Å²) in [5.74, 6) is -1.38. The van der Waals surface area contributed by atoms with Gasteiger partial charge in [-0.05, 0) is 5.56 Å². The highest BCUT2D eigenvalue weighted by Gasteiger charge is 2.29. The van der Waals surface area contributed by atoms with Gasteiger partial charge in [0.2, 0.25) is 0 Å². The van der Waals surface area contributed by atoms with Crippen molar-refractivity contribution in [2.45, 2.75) is 0 Å². The van der Waals surface area contributed by atoms with Crippen molar-refractivity contribution in [2.75, 3.05) is 6.61 Å². The second kappa shape index (κ2) is 3.57. The average Bonchev–Trinajstić information content (AvgIpc) is 2.61. The quantitative estimate of drug-likeness (QED) is 0.561. The van der Waals surface area contributed by atoms with Crippen LogP contribution in [0.3, 0.4) is 0 Å². The van der Waals surface area contributed by atoms with Crippen molar-refractivity contribution in [1.82, 2.24) is 0 Å². The first kappa shape index (κ1) is 9.45. The Kier molecular flexibility index (Phi) is 2.25. The molecule has 1 aromatic carbocycles. The Labute approximate surface area is 86.3 Å². The molecule has 4 heteroatoms. The third-order valence-electron chi connectivity index (χ3n) is 2.22. The van der Waals surface area contributed by atoms with E-state index in [0.29, 0.717) is 5.57 Å². The van der Waals surface area contributed by atoms with Gasteiger partial charge >= 0.3 is 5.97 Å². The highest BCUT2D eigenvalue weighted by atomic mass is 16.5. The lowest BCUT2D eigenvalue weighted by atomic mass is 10.0. The number of primary amides is 1. The highest BCUT2D eigenvalue weighted by molar-refractivity contribution is 6.23. The molecule has 2 N–H and O–H groups in total. The van der Waals surface area contributed by atoms with E-state index in [1.807, 2.05) is 18.2 Å². The molecule has 0 aromatic heterocycles. The number of hydrogen-bond donors (Lipinski definition) is 1. The molecule has 0 unspecified atom stereocenters. The topological polar surface area (TPSA) is 69.4 Å². The summed E-state index contributed by atoms with van der Waals surface area (Å²) in [4.78, 5) is 22.3. The van der Waals surface area contributed by atoms with E-state index in [1.165, 1.54) is 0 Å². The first-order chi connectivity index (χ1) is 7.20. The van der Waals surface area contributed by atoms with Crippen LogP contribution in [0.1, 0.15) is 5.56 Å². The van der Waals surface area contributed by atoms with E-state index in [4.69, 9.17) is 10.5 Å². The SMILES string of the molecule is NC(=O)C1=C(c2ccccc2)COC1=O. The van der Waals surface area contributed by atoms with E-state index in [9.17, 15) is 9.59 Å². The van der Waals surface area contributed by atoms with Crippen LogP contribution in [-0.2, 0) is 14.3 Å². The van der Waals surface area contributed by atoms with Gasteiger partial charge in [-0.2, -0.15) is 0 Å². The normalized spacial score (nSPS) is 15.3. The molecule has 0 saturated carbocycles. The fourth-order valence-corrected chi connectivity index (χ4v) is 1.52. The minimum atomic E-state index is -0.739. The van der Waals surface area contributed by atoms with E-state index in [2.05, 4.69) is 0 Å². The molecule has 0 radical (unpaired) electrons. The maximum absolute atomic E-state index is 11.2. The number of rotatable bonds is 2. The van der Waals surface area contributed by atoms with Crippen LogP contribution in [-0.4, -0.2) is 18.5 Å². The standard InChI is InChI=1S/C11H9NO3/c12-10(13)9-8(6-15-11(9)14)7-4-2-1-3-5-7/h1-5H,6H2,(H2,12,13). The van der Waals surface area contributed by atoms with Crippen molar-refractivity contribution in [3.05, 3.63) is 41.5 Å². The number of cyclic esters (lactones) is 1. The van der Waals surface area contributed by atoms with Gasteiger partial charge in [0.15, 0.2) is 0 Å². The van der Waals surface area contributed by atoms with Crippen molar-refractivity contribution < 1.29 is 14.3 Å². The Bertz CT molecular complexity index is 448. The second-order valence-corrected chi connectivity index (χ2v) is 3.16. The molecule has 1 aromatic rings. The van der Waals surface area contributed by atoms with Gasteiger partial charge in [0.1, 0.15) is 12.2 Å². The van der Waals surface area contributed by atoms with Gasteiger partial charge in [0, 0.05) is 5.57 Å². The molecule has 0 fully saturated rings. The Morgan fingerprint density at radius 3 is 2.53 bits per heavy atom. The molecule has 0 spiro atoms. The van der Waals surface area contributed by atoms with Crippen LogP contribution in [0.5, 0.6) is 0 Å². The van der Waals surface area contributed by atoms with Crippen LogP contribution in [0.2, 0.25) is 0 Å². The molecule has 1 aliphatic heterocycles. The molecule has 15 heavy (non-hydrogen) atoms. The lowest BCUT2D eigenvalue weighted by Crippen LogP contribution is -2.19. The van der Waals surface area contributed by atoms with Crippen molar-refractivity contribution in [3.63, 3.8) is 0 Å². The summed E-state index contributed by atoms with van der Waals surface area (Å²) in [6, 6.07) is 9.11. The third kappa shape index (κ3) is 1.61. The molecule has 1 aliphatic rings. The van der Waals surface area contributed by atoms with Crippen molar-refractivity contribution in [2.24, 2.45) is 5.73 Å². The summed E-state index contributed by atoms with van der Waals surface area (Å²) in [5.41, 5.74) is 6.43. The van der Waals surface area contributed by atoms with Gasteiger partial charge in [-0.15, -0.1) is 0 Å². The minimum absolute atomic E-state index is 0.0406. The van der Waals surface area contributed by atoms with Crippen molar-refractivity contribution in [1.29, 1.82) is 0 Å². The maximum atomic E-state index is 11.2. The molecule has 1 amide bonds. The van der Waals surface area contributed by atoms with Crippen LogP contribution >= 0.6 is 0 Å². The van der Waals surface area contributed by atoms with E-state index < -0.39 is 11.9 Å². The molecule has 0 atom stereocenters. The lowest BCUT2D eigenvalue weighted by Gasteiger charge is -2.00. The number of amides is 1. The number of hydrogen-bond acceptors (Lipinski definition) is 3. The first-order valence-corrected chi connectivity index (χ1v) is 4.45. The fourth-order valence-electron chi connectivity index (χ4n) is 1.52. The van der Waals surface area contributed by atoms with Crippen LogP contribution in [0.4, 0.5) is 0 Å². The molecule has 2 rings (SSSR count). The van der Waals surface area contributed by atoms with Crippen LogP contribution < -0.4 is 5.73 Å². The molecular formula is C11H9NO3. The van der Waals surface area contributed by atoms with E-state index in [-0.39, 0.29) is 12.2 Å².